The van der Waals surface area contributed by atoms with Gasteiger partial charge in [-0.3, -0.25) is 19.1 Å². The highest BCUT2D eigenvalue weighted by Gasteiger charge is 2.10. The van der Waals surface area contributed by atoms with Gasteiger partial charge in [-0.05, 0) is 30.7 Å². The Balaban J connectivity index is 2.70. The van der Waals surface area contributed by atoms with Gasteiger partial charge in [0.1, 0.15) is 5.56 Å². The zero-order valence-corrected chi connectivity index (χ0v) is 9.25. The molecule has 86 valence electrons. The summed E-state index contributed by atoms with van der Waals surface area (Å²) in [5.74, 6) is -0.731. The van der Waals surface area contributed by atoms with Gasteiger partial charge in [-0.2, -0.15) is 0 Å². The molecule has 1 amide bonds. The van der Waals surface area contributed by atoms with Gasteiger partial charge in [-0.1, -0.05) is 0 Å². The third-order valence-electron chi connectivity index (χ3n) is 2.48. The van der Waals surface area contributed by atoms with Crippen molar-refractivity contribution in [2.24, 2.45) is 5.73 Å². The summed E-state index contributed by atoms with van der Waals surface area (Å²) in [4.78, 5) is 27.0. The second-order valence-corrected chi connectivity index (χ2v) is 3.62. The molecular weight excluding hydrogens is 218 g/mol. The average molecular weight is 229 g/mol. The van der Waals surface area contributed by atoms with Gasteiger partial charge in [0.05, 0.1) is 11.9 Å². The number of amides is 1. The van der Waals surface area contributed by atoms with Crippen LogP contribution in [0.3, 0.4) is 0 Å². The summed E-state index contributed by atoms with van der Waals surface area (Å²) in [7, 11) is 0. The van der Waals surface area contributed by atoms with Crippen LogP contribution in [0.1, 0.15) is 15.9 Å². The second-order valence-electron chi connectivity index (χ2n) is 3.62. The van der Waals surface area contributed by atoms with Crippen molar-refractivity contribution < 1.29 is 4.79 Å². The van der Waals surface area contributed by atoms with Crippen molar-refractivity contribution in [3.05, 3.63) is 58.3 Å². The van der Waals surface area contributed by atoms with Crippen LogP contribution in [-0.4, -0.2) is 15.5 Å². The van der Waals surface area contributed by atoms with Crippen molar-refractivity contribution in [2.75, 3.05) is 0 Å². The van der Waals surface area contributed by atoms with Crippen molar-refractivity contribution in [3.8, 4) is 5.69 Å². The number of aromatic nitrogens is 2. The number of hydrogen-bond donors (Lipinski definition) is 1. The first-order valence-electron chi connectivity index (χ1n) is 5.03. The molecule has 0 aromatic carbocycles. The van der Waals surface area contributed by atoms with Gasteiger partial charge in [-0.25, -0.2) is 0 Å². The maximum atomic E-state index is 12.0. The van der Waals surface area contributed by atoms with E-state index in [0.717, 1.165) is 5.56 Å². The normalized spacial score (nSPS) is 10.2. The largest absolute Gasteiger partial charge is 0.365 e. The fourth-order valence-electron chi connectivity index (χ4n) is 1.58. The molecule has 0 radical (unpaired) electrons. The van der Waals surface area contributed by atoms with Crippen LogP contribution in [0, 0.1) is 6.92 Å². The van der Waals surface area contributed by atoms with Gasteiger partial charge in [-0.15, -0.1) is 0 Å². The molecule has 0 fully saturated rings. The Hall–Kier alpha value is -2.43. The lowest BCUT2D eigenvalue weighted by Crippen LogP contribution is -2.28. The van der Waals surface area contributed by atoms with E-state index in [0.29, 0.717) is 5.69 Å². The molecule has 2 rings (SSSR count). The Kier molecular flexibility index (Phi) is 2.74. The van der Waals surface area contributed by atoms with Gasteiger partial charge in [0, 0.05) is 12.4 Å². The van der Waals surface area contributed by atoms with Crippen molar-refractivity contribution in [3.63, 3.8) is 0 Å². The van der Waals surface area contributed by atoms with E-state index in [-0.39, 0.29) is 5.56 Å². The molecule has 0 saturated heterocycles. The third-order valence-corrected chi connectivity index (χ3v) is 2.48. The number of nitrogens with zero attached hydrogens (tertiary/aromatic N) is 2. The minimum Gasteiger partial charge on any atom is -0.365 e. The molecule has 0 unspecified atom stereocenters. The summed E-state index contributed by atoms with van der Waals surface area (Å²) in [5, 5.41) is 0. The highest BCUT2D eigenvalue weighted by Crippen LogP contribution is 2.09. The van der Waals surface area contributed by atoms with Crippen LogP contribution in [0.5, 0.6) is 0 Å². The van der Waals surface area contributed by atoms with E-state index >= 15 is 0 Å². The predicted octanol–water partition coefficient (Wildman–Crippen LogP) is 0.640. The van der Waals surface area contributed by atoms with Gasteiger partial charge >= 0.3 is 0 Å². The number of nitrogens with two attached hydrogens (primary N) is 1. The fourth-order valence-corrected chi connectivity index (χ4v) is 1.58. The van der Waals surface area contributed by atoms with Crippen LogP contribution in [-0.2, 0) is 0 Å². The smallest absolute Gasteiger partial charge is 0.267 e. The quantitative estimate of drug-likeness (QED) is 0.820. The number of hydrogen-bond acceptors (Lipinski definition) is 3. The molecule has 0 saturated carbocycles. The number of primary amides is 1. The lowest BCUT2D eigenvalue weighted by Gasteiger charge is -2.08. The van der Waals surface area contributed by atoms with E-state index in [2.05, 4.69) is 4.98 Å². The number of aryl methyl sites for hydroxylation is 1. The summed E-state index contributed by atoms with van der Waals surface area (Å²) >= 11 is 0. The average Bonchev–Trinajstić information content (AvgIpc) is 2.30. The maximum absolute atomic E-state index is 12.0. The number of carbonyl (C=O) groups is 1. The SMILES string of the molecule is Cc1ccncc1-n1cccc(C(N)=O)c1=O. The molecule has 2 heterocycles. The van der Waals surface area contributed by atoms with Crippen LogP contribution in [0.4, 0.5) is 0 Å². The van der Waals surface area contributed by atoms with Crippen molar-refractivity contribution in [1.29, 1.82) is 0 Å². The summed E-state index contributed by atoms with van der Waals surface area (Å²) in [6.45, 7) is 1.86. The van der Waals surface area contributed by atoms with Gasteiger partial charge in [0.25, 0.3) is 11.5 Å². The van der Waals surface area contributed by atoms with Crippen LogP contribution < -0.4 is 11.3 Å². The monoisotopic (exact) mass is 229 g/mol. The molecule has 0 aliphatic rings. The summed E-state index contributed by atoms with van der Waals surface area (Å²) < 4.78 is 1.36. The van der Waals surface area contributed by atoms with E-state index < -0.39 is 11.5 Å². The van der Waals surface area contributed by atoms with E-state index in [1.807, 2.05) is 6.92 Å². The van der Waals surface area contributed by atoms with E-state index in [1.165, 1.54) is 10.6 Å². The maximum Gasteiger partial charge on any atom is 0.267 e. The Bertz CT molecular complexity index is 632. The van der Waals surface area contributed by atoms with Crippen LogP contribution >= 0.6 is 0 Å². The van der Waals surface area contributed by atoms with Crippen molar-refractivity contribution in [2.45, 2.75) is 6.92 Å². The number of carbonyl (C=O) groups excluding carboxylic acids is 1. The van der Waals surface area contributed by atoms with Crippen LogP contribution in [0.25, 0.3) is 5.69 Å². The van der Waals surface area contributed by atoms with E-state index in [1.54, 1.807) is 30.7 Å². The summed E-state index contributed by atoms with van der Waals surface area (Å²) in [6, 6.07) is 4.81. The second kappa shape index (κ2) is 4.21. The molecule has 5 nitrogen and oxygen atoms in total. The molecular formula is C12H11N3O2. The molecule has 0 bridgehead atoms. The molecule has 2 aromatic heterocycles. The molecule has 0 atom stereocenters. The fraction of sp³-hybridized carbons (Fsp3) is 0.0833. The highest BCUT2D eigenvalue weighted by molar-refractivity contribution is 5.92. The third kappa shape index (κ3) is 1.94. The summed E-state index contributed by atoms with van der Waals surface area (Å²) in [6.07, 6.45) is 4.79. The topological polar surface area (TPSA) is 78.0 Å². The van der Waals surface area contributed by atoms with Gasteiger partial charge in [0.15, 0.2) is 0 Å². The lowest BCUT2D eigenvalue weighted by atomic mass is 10.2. The highest BCUT2D eigenvalue weighted by atomic mass is 16.2. The molecule has 5 heteroatoms. The molecule has 0 spiro atoms. The standard InChI is InChI=1S/C12H11N3O2/c1-8-4-5-14-7-10(8)15-6-2-3-9(11(13)16)12(15)17/h2-7H,1H3,(H2,13,16). The van der Waals surface area contributed by atoms with Crippen molar-refractivity contribution >= 4 is 5.91 Å². The Morgan fingerprint density at radius 1 is 1.41 bits per heavy atom. The number of pyridine rings is 2. The zero-order chi connectivity index (χ0) is 12.4. The summed E-state index contributed by atoms with van der Waals surface area (Å²) in [5.41, 5.74) is 6.20. The number of rotatable bonds is 2. The minimum atomic E-state index is -0.731. The lowest BCUT2D eigenvalue weighted by molar-refractivity contribution is 0.0998. The van der Waals surface area contributed by atoms with Gasteiger partial charge < -0.3 is 5.73 Å². The Labute approximate surface area is 97.5 Å². The first-order chi connectivity index (χ1) is 8.11. The first kappa shape index (κ1) is 11.1. The molecule has 0 aliphatic carbocycles. The molecule has 2 N–H and O–H groups in total. The molecule has 17 heavy (non-hydrogen) atoms. The van der Waals surface area contributed by atoms with Crippen LogP contribution in [0.15, 0.2) is 41.6 Å². The van der Waals surface area contributed by atoms with Crippen LogP contribution in [0.2, 0.25) is 0 Å². The Morgan fingerprint density at radius 3 is 2.82 bits per heavy atom. The molecule has 0 aliphatic heterocycles. The van der Waals surface area contributed by atoms with Gasteiger partial charge in [0.2, 0.25) is 0 Å². The van der Waals surface area contributed by atoms with Crippen molar-refractivity contribution in [1.82, 2.24) is 9.55 Å². The first-order valence-corrected chi connectivity index (χ1v) is 5.03. The minimum absolute atomic E-state index is 0.0317. The Morgan fingerprint density at radius 2 is 2.18 bits per heavy atom. The molecule has 2 aromatic rings. The predicted molar refractivity (Wildman–Crippen MR) is 63.1 cm³/mol. The zero-order valence-electron chi connectivity index (χ0n) is 9.25. The van der Waals surface area contributed by atoms with E-state index in [9.17, 15) is 9.59 Å². The van der Waals surface area contributed by atoms with E-state index in [4.69, 9.17) is 5.73 Å².